The Kier molecular flexibility index (Phi) is 12.1. The molecule has 0 unspecified atom stereocenters. The van der Waals surface area contributed by atoms with Crippen LogP contribution in [0.3, 0.4) is 0 Å². The van der Waals surface area contributed by atoms with E-state index in [2.05, 4.69) is 0 Å². The Morgan fingerprint density at radius 2 is 0.735 bits per heavy atom. The van der Waals surface area contributed by atoms with Crippen molar-refractivity contribution in [1.82, 2.24) is 0 Å². The molecule has 0 aliphatic carbocycles. The molecule has 12 nitrogen and oxygen atoms in total. The SMILES string of the molecule is COc1cc(-c2c([Se]c3ccc(OC)c(OC(C)=O)c3-c3cc(OC)c(OC)c(OC)c3)ccc(OC)c2OC(C)=O)cc(OC)c1OC. The molecule has 0 heterocycles. The summed E-state index contributed by atoms with van der Waals surface area (Å²) >= 11 is -0.576. The van der Waals surface area contributed by atoms with Crippen molar-refractivity contribution in [2.75, 3.05) is 56.9 Å². The van der Waals surface area contributed by atoms with Crippen LogP contribution in [-0.2, 0) is 9.59 Å². The van der Waals surface area contributed by atoms with Crippen LogP contribution in [0.2, 0.25) is 0 Å². The van der Waals surface area contributed by atoms with Crippen molar-refractivity contribution in [2.45, 2.75) is 13.8 Å². The minimum absolute atomic E-state index is 0.201. The van der Waals surface area contributed by atoms with Crippen molar-refractivity contribution in [3.63, 3.8) is 0 Å². The van der Waals surface area contributed by atoms with E-state index < -0.39 is 26.9 Å². The van der Waals surface area contributed by atoms with Gasteiger partial charge in [-0.05, 0) is 0 Å². The van der Waals surface area contributed by atoms with Crippen molar-refractivity contribution in [1.29, 1.82) is 0 Å². The van der Waals surface area contributed by atoms with Gasteiger partial charge in [0.1, 0.15) is 0 Å². The van der Waals surface area contributed by atoms with Gasteiger partial charge in [0.15, 0.2) is 0 Å². The first-order valence-corrected chi connectivity index (χ1v) is 16.4. The molecule has 0 atom stereocenters. The van der Waals surface area contributed by atoms with Gasteiger partial charge in [0.2, 0.25) is 0 Å². The average Bonchev–Trinajstić information content (AvgIpc) is 3.10. The number of benzene rings is 4. The zero-order chi connectivity index (χ0) is 35.8. The average molecular weight is 742 g/mol. The summed E-state index contributed by atoms with van der Waals surface area (Å²) in [7, 11) is 12.1. The van der Waals surface area contributed by atoms with Gasteiger partial charge in [-0.1, -0.05) is 0 Å². The Hall–Kier alpha value is -5.26. The first kappa shape index (κ1) is 36.6. The Balaban J connectivity index is 2.12. The Bertz CT molecular complexity index is 1670. The predicted octanol–water partition coefficient (Wildman–Crippen LogP) is 4.60. The van der Waals surface area contributed by atoms with E-state index in [0.717, 1.165) is 8.92 Å². The summed E-state index contributed by atoms with van der Waals surface area (Å²) in [5, 5.41) is 0. The summed E-state index contributed by atoms with van der Waals surface area (Å²) < 4.78 is 58.2. The van der Waals surface area contributed by atoms with E-state index in [1.165, 1.54) is 70.7 Å². The van der Waals surface area contributed by atoms with Gasteiger partial charge < -0.3 is 0 Å². The van der Waals surface area contributed by atoms with Crippen molar-refractivity contribution in [2.24, 2.45) is 0 Å². The summed E-state index contributed by atoms with van der Waals surface area (Å²) in [6, 6.07) is 14.3. The van der Waals surface area contributed by atoms with Crippen LogP contribution in [0, 0.1) is 0 Å². The number of methoxy groups -OCH3 is 8. The van der Waals surface area contributed by atoms with Gasteiger partial charge in [0, 0.05) is 0 Å². The molecule has 0 aliphatic heterocycles. The monoisotopic (exact) mass is 742 g/mol. The molecular formula is C36H38O12Se. The predicted molar refractivity (Wildman–Crippen MR) is 184 cm³/mol. The van der Waals surface area contributed by atoms with E-state index in [1.807, 2.05) is 12.1 Å². The fourth-order valence-electron chi connectivity index (χ4n) is 5.19. The molecule has 260 valence electrons. The van der Waals surface area contributed by atoms with E-state index in [9.17, 15) is 9.59 Å². The molecule has 49 heavy (non-hydrogen) atoms. The molecule has 4 rings (SSSR count). The third kappa shape index (κ3) is 7.58. The van der Waals surface area contributed by atoms with E-state index in [4.69, 9.17) is 47.4 Å². The number of hydrogen-bond acceptors (Lipinski definition) is 12. The van der Waals surface area contributed by atoms with Crippen LogP contribution < -0.4 is 56.3 Å². The van der Waals surface area contributed by atoms with Crippen molar-refractivity contribution < 1.29 is 57.0 Å². The van der Waals surface area contributed by atoms with Crippen molar-refractivity contribution >= 4 is 35.8 Å². The number of carbonyl (C=O) groups excluding carboxylic acids is 2. The van der Waals surface area contributed by atoms with Gasteiger partial charge in [-0.15, -0.1) is 0 Å². The van der Waals surface area contributed by atoms with Crippen molar-refractivity contribution in [3.8, 4) is 79.7 Å². The van der Waals surface area contributed by atoms with E-state index >= 15 is 0 Å². The number of carbonyl (C=O) groups is 2. The molecule has 0 radical (unpaired) electrons. The zero-order valence-corrected chi connectivity index (χ0v) is 30.6. The van der Waals surface area contributed by atoms with Crippen molar-refractivity contribution in [3.05, 3.63) is 48.5 Å². The number of hydrogen-bond donors (Lipinski definition) is 0. The topological polar surface area (TPSA) is 126 Å². The summed E-state index contributed by atoms with van der Waals surface area (Å²) in [4.78, 5) is 24.9. The van der Waals surface area contributed by atoms with E-state index in [0.29, 0.717) is 68.2 Å². The van der Waals surface area contributed by atoms with Crippen LogP contribution in [0.4, 0.5) is 0 Å². The van der Waals surface area contributed by atoms with Gasteiger partial charge in [0.25, 0.3) is 0 Å². The first-order valence-electron chi connectivity index (χ1n) is 14.7. The number of rotatable bonds is 14. The molecule has 4 aromatic carbocycles. The molecule has 0 fully saturated rings. The van der Waals surface area contributed by atoms with Crippen LogP contribution >= 0.6 is 0 Å². The molecule has 0 bridgehead atoms. The zero-order valence-electron chi connectivity index (χ0n) is 28.9. The second-order valence-electron chi connectivity index (χ2n) is 10.1. The second kappa shape index (κ2) is 16.2. The van der Waals surface area contributed by atoms with Gasteiger partial charge in [0.05, 0.1) is 0 Å². The molecular weight excluding hydrogens is 703 g/mol. The maximum atomic E-state index is 12.5. The summed E-state index contributed by atoms with van der Waals surface area (Å²) in [5.41, 5.74) is 2.30. The molecule has 13 heteroatoms. The first-order chi connectivity index (χ1) is 23.6. The van der Waals surface area contributed by atoms with Gasteiger partial charge in [-0.3, -0.25) is 0 Å². The van der Waals surface area contributed by atoms with Crippen LogP contribution in [0.15, 0.2) is 48.5 Å². The Labute approximate surface area is 291 Å². The Morgan fingerprint density at radius 1 is 0.429 bits per heavy atom. The van der Waals surface area contributed by atoms with Crippen LogP contribution in [0.25, 0.3) is 22.3 Å². The Morgan fingerprint density at radius 3 is 0.980 bits per heavy atom. The van der Waals surface area contributed by atoms with Crippen LogP contribution in [0.1, 0.15) is 13.8 Å². The van der Waals surface area contributed by atoms with Gasteiger partial charge in [-0.25, -0.2) is 0 Å². The van der Waals surface area contributed by atoms with Gasteiger partial charge in [-0.2, -0.15) is 0 Å². The number of ether oxygens (including phenoxy) is 10. The third-order valence-electron chi connectivity index (χ3n) is 7.22. The van der Waals surface area contributed by atoms with E-state index in [-0.39, 0.29) is 11.5 Å². The summed E-state index contributed by atoms with van der Waals surface area (Å²) in [6.45, 7) is 2.63. The normalized spacial score (nSPS) is 10.5. The standard InChI is InChI=1S/C36H38O12Se/c1-19(37)47-35-23(39-3)11-13-29(31(35)21-15-25(41-5)33(45-9)26(16-21)42-6)49-30-14-12-24(40-4)36(48-20(2)38)32(30)22-17-27(43-7)34(46-10)28(18-22)44-8/h11-18H,1-10H3. The third-order valence-corrected chi connectivity index (χ3v) is 9.58. The minimum atomic E-state index is -0.576. The summed E-state index contributed by atoms with van der Waals surface area (Å²) in [6.07, 6.45) is 0. The maximum absolute atomic E-state index is 12.5. The molecule has 0 aromatic heterocycles. The molecule has 0 N–H and O–H groups in total. The molecule has 0 saturated carbocycles. The number of esters is 2. The van der Waals surface area contributed by atoms with E-state index in [1.54, 1.807) is 36.4 Å². The fraction of sp³-hybridized carbons (Fsp3) is 0.278. The van der Waals surface area contributed by atoms with Crippen LogP contribution in [0.5, 0.6) is 57.5 Å². The van der Waals surface area contributed by atoms with Gasteiger partial charge >= 0.3 is 292 Å². The quantitative estimate of drug-likeness (QED) is 0.102. The van der Waals surface area contributed by atoms with Crippen LogP contribution in [-0.4, -0.2) is 83.8 Å². The molecule has 0 saturated heterocycles. The fourth-order valence-corrected chi connectivity index (χ4v) is 7.57. The molecule has 0 aliphatic rings. The molecule has 0 spiro atoms. The molecule has 4 aromatic rings. The molecule has 0 amide bonds. The summed E-state index contributed by atoms with van der Waals surface area (Å²) in [5.74, 6) is 2.34. The second-order valence-corrected chi connectivity index (χ2v) is 12.3.